The summed E-state index contributed by atoms with van der Waals surface area (Å²) in [7, 11) is 3.42. The highest BCUT2D eigenvalue weighted by Gasteiger charge is 2.15. The van der Waals surface area contributed by atoms with Gasteiger partial charge in [-0.05, 0) is 5.56 Å². The number of benzene rings is 2. The summed E-state index contributed by atoms with van der Waals surface area (Å²) in [5.74, 6) is -0.0638. The molecule has 0 aliphatic heterocycles. The van der Waals surface area contributed by atoms with E-state index in [2.05, 4.69) is 0 Å². The van der Waals surface area contributed by atoms with E-state index >= 15 is 0 Å². The van der Waals surface area contributed by atoms with E-state index in [4.69, 9.17) is 0 Å². The van der Waals surface area contributed by atoms with Crippen molar-refractivity contribution in [2.75, 3.05) is 14.1 Å². The lowest BCUT2D eigenvalue weighted by Crippen LogP contribution is -2.24. The average molecular weight is 267 g/mol. The summed E-state index contributed by atoms with van der Waals surface area (Å²) in [5.41, 5.74) is 1.99. The maximum absolute atomic E-state index is 12.5. The number of rotatable bonds is 4. The fraction of sp³-hybridized carbons (Fsp3) is 0.176. The summed E-state index contributed by atoms with van der Waals surface area (Å²) in [4.78, 5) is 25.9. The lowest BCUT2D eigenvalue weighted by molar-refractivity contribution is -0.127. The van der Waals surface area contributed by atoms with Gasteiger partial charge in [-0.1, -0.05) is 54.6 Å². The van der Waals surface area contributed by atoms with Crippen molar-refractivity contribution in [1.82, 2.24) is 4.90 Å². The molecule has 0 saturated heterocycles. The van der Waals surface area contributed by atoms with Crippen LogP contribution in [0.2, 0.25) is 0 Å². The van der Waals surface area contributed by atoms with Crippen LogP contribution >= 0.6 is 0 Å². The number of likely N-dealkylation sites (N-methyl/N-ethyl adjacent to an activating group) is 1. The van der Waals surface area contributed by atoms with Gasteiger partial charge in [0.1, 0.15) is 0 Å². The minimum absolute atomic E-state index is 0.0155. The Morgan fingerprint density at radius 3 is 2.15 bits per heavy atom. The van der Waals surface area contributed by atoms with Crippen LogP contribution in [0.3, 0.4) is 0 Å². The fourth-order valence-electron chi connectivity index (χ4n) is 1.96. The van der Waals surface area contributed by atoms with Crippen molar-refractivity contribution in [3.63, 3.8) is 0 Å². The second-order valence-electron chi connectivity index (χ2n) is 4.82. The average Bonchev–Trinajstić information content (AvgIpc) is 2.48. The molecule has 0 atom stereocenters. The number of amides is 1. The number of hydrogen-bond acceptors (Lipinski definition) is 2. The van der Waals surface area contributed by atoms with Crippen molar-refractivity contribution in [2.24, 2.45) is 0 Å². The van der Waals surface area contributed by atoms with Crippen LogP contribution in [0.15, 0.2) is 54.6 Å². The lowest BCUT2D eigenvalue weighted by Gasteiger charge is -2.12. The minimum atomic E-state index is -0.0484. The van der Waals surface area contributed by atoms with Gasteiger partial charge in [0.05, 0.1) is 6.42 Å². The first-order chi connectivity index (χ1) is 9.59. The van der Waals surface area contributed by atoms with Crippen LogP contribution in [0.4, 0.5) is 0 Å². The Kier molecular flexibility index (Phi) is 4.31. The van der Waals surface area contributed by atoms with Crippen molar-refractivity contribution in [1.29, 1.82) is 0 Å². The molecule has 3 nitrogen and oxygen atoms in total. The molecular weight excluding hydrogens is 250 g/mol. The first-order valence-corrected chi connectivity index (χ1v) is 6.47. The number of carbonyl (C=O) groups excluding carboxylic acids is 2. The lowest BCUT2D eigenvalue weighted by atomic mass is 9.96. The van der Waals surface area contributed by atoms with Crippen molar-refractivity contribution >= 4 is 11.7 Å². The van der Waals surface area contributed by atoms with Crippen LogP contribution in [0.1, 0.15) is 21.5 Å². The maximum Gasteiger partial charge on any atom is 0.226 e. The van der Waals surface area contributed by atoms with Crippen LogP contribution in [0, 0.1) is 0 Å². The van der Waals surface area contributed by atoms with Crippen LogP contribution in [-0.2, 0) is 11.2 Å². The first-order valence-electron chi connectivity index (χ1n) is 6.47. The van der Waals surface area contributed by atoms with Gasteiger partial charge in [0.15, 0.2) is 5.78 Å². The van der Waals surface area contributed by atoms with E-state index in [1.54, 1.807) is 32.3 Å². The largest absolute Gasteiger partial charge is 0.349 e. The molecular formula is C17H17NO2. The zero-order chi connectivity index (χ0) is 14.5. The molecule has 0 aliphatic rings. The normalized spacial score (nSPS) is 10.1. The van der Waals surface area contributed by atoms with Gasteiger partial charge in [0.2, 0.25) is 5.91 Å². The second kappa shape index (κ2) is 6.15. The van der Waals surface area contributed by atoms with Gasteiger partial charge in [-0.25, -0.2) is 0 Å². The third-order valence-electron chi connectivity index (χ3n) is 3.14. The summed E-state index contributed by atoms with van der Waals surface area (Å²) >= 11 is 0. The van der Waals surface area contributed by atoms with Crippen molar-refractivity contribution in [3.05, 3.63) is 71.3 Å². The molecule has 0 spiro atoms. The Bertz CT molecular complexity index is 618. The predicted octanol–water partition coefficient (Wildman–Crippen LogP) is 2.55. The van der Waals surface area contributed by atoms with E-state index in [0.717, 1.165) is 5.56 Å². The van der Waals surface area contributed by atoms with Crippen molar-refractivity contribution < 1.29 is 9.59 Å². The Balaban J connectivity index is 2.33. The highest BCUT2D eigenvalue weighted by atomic mass is 16.2. The quantitative estimate of drug-likeness (QED) is 0.798. The Hall–Kier alpha value is -2.42. The molecule has 0 heterocycles. The number of carbonyl (C=O) groups is 2. The molecule has 0 bridgehead atoms. The van der Waals surface area contributed by atoms with E-state index in [0.29, 0.717) is 11.1 Å². The molecule has 0 aromatic heterocycles. The van der Waals surface area contributed by atoms with E-state index in [1.165, 1.54) is 4.90 Å². The minimum Gasteiger partial charge on any atom is -0.349 e. The summed E-state index contributed by atoms with van der Waals surface area (Å²) < 4.78 is 0. The van der Waals surface area contributed by atoms with E-state index in [9.17, 15) is 9.59 Å². The van der Waals surface area contributed by atoms with Gasteiger partial charge in [-0.2, -0.15) is 0 Å². The molecule has 2 rings (SSSR count). The topological polar surface area (TPSA) is 37.4 Å². The van der Waals surface area contributed by atoms with E-state index in [-0.39, 0.29) is 18.1 Å². The van der Waals surface area contributed by atoms with Crippen LogP contribution in [0.25, 0.3) is 0 Å². The molecule has 0 saturated carbocycles. The van der Waals surface area contributed by atoms with E-state index < -0.39 is 0 Å². The number of ketones is 1. The molecule has 0 fully saturated rings. The smallest absolute Gasteiger partial charge is 0.226 e. The molecule has 20 heavy (non-hydrogen) atoms. The monoisotopic (exact) mass is 267 g/mol. The van der Waals surface area contributed by atoms with Gasteiger partial charge in [0.25, 0.3) is 0 Å². The first kappa shape index (κ1) is 14.0. The molecule has 1 amide bonds. The zero-order valence-corrected chi connectivity index (χ0v) is 11.7. The molecule has 3 heteroatoms. The molecule has 0 aliphatic carbocycles. The van der Waals surface area contributed by atoms with Gasteiger partial charge in [-0.3, -0.25) is 9.59 Å². The van der Waals surface area contributed by atoms with Gasteiger partial charge in [-0.15, -0.1) is 0 Å². The highest BCUT2D eigenvalue weighted by Crippen LogP contribution is 2.15. The fourth-order valence-corrected chi connectivity index (χ4v) is 1.96. The summed E-state index contributed by atoms with van der Waals surface area (Å²) in [5, 5.41) is 0. The predicted molar refractivity (Wildman–Crippen MR) is 78.7 cm³/mol. The molecule has 0 radical (unpaired) electrons. The maximum atomic E-state index is 12.5. The van der Waals surface area contributed by atoms with Crippen LogP contribution < -0.4 is 0 Å². The molecule has 2 aromatic carbocycles. The van der Waals surface area contributed by atoms with Gasteiger partial charge >= 0.3 is 0 Å². The van der Waals surface area contributed by atoms with Gasteiger partial charge < -0.3 is 4.90 Å². The molecule has 0 unspecified atom stereocenters. The van der Waals surface area contributed by atoms with Crippen LogP contribution in [-0.4, -0.2) is 30.7 Å². The van der Waals surface area contributed by atoms with Gasteiger partial charge in [0, 0.05) is 25.2 Å². The van der Waals surface area contributed by atoms with Crippen molar-refractivity contribution in [3.8, 4) is 0 Å². The Morgan fingerprint density at radius 1 is 0.900 bits per heavy atom. The SMILES string of the molecule is CN(C)C(=O)Cc1ccccc1C(=O)c1ccccc1. The molecule has 0 N–H and O–H groups in total. The Morgan fingerprint density at radius 2 is 1.50 bits per heavy atom. The third kappa shape index (κ3) is 3.12. The summed E-state index contributed by atoms with van der Waals surface area (Å²) in [6, 6.07) is 16.4. The van der Waals surface area contributed by atoms with Crippen LogP contribution in [0.5, 0.6) is 0 Å². The Labute approximate surface area is 118 Å². The molecule has 102 valence electrons. The van der Waals surface area contributed by atoms with Crippen molar-refractivity contribution in [2.45, 2.75) is 6.42 Å². The number of hydrogen-bond donors (Lipinski definition) is 0. The summed E-state index contributed by atoms with van der Waals surface area (Å²) in [6.45, 7) is 0. The second-order valence-corrected chi connectivity index (χ2v) is 4.82. The summed E-state index contributed by atoms with van der Waals surface area (Å²) in [6.07, 6.45) is 0.238. The standard InChI is InChI=1S/C17H17NO2/c1-18(2)16(19)12-14-10-6-7-11-15(14)17(20)13-8-4-3-5-9-13/h3-11H,12H2,1-2H3. The third-order valence-corrected chi connectivity index (χ3v) is 3.14. The highest BCUT2D eigenvalue weighted by molar-refractivity contribution is 6.10. The zero-order valence-electron chi connectivity index (χ0n) is 11.7. The van der Waals surface area contributed by atoms with E-state index in [1.807, 2.05) is 36.4 Å². The number of nitrogens with zero attached hydrogens (tertiary/aromatic N) is 1. The molecule has 2 aromatic rings.